The second kappa shape index (κ2) is 7.59. The van der Waals surface area contributed by atoms with Gasteiger partial charge in [-0.1, -0.05) is 22.9 Å². The van der Waals surface area contributed by atoms with Crippen molar-refractivity contribution in [2.75, 3.05) is 13.1 Å². The van der Waals surface area contributed by atoms with Crippen LogP contribution in [-0.4, -0.2) is 46.9 Å². The quantitative estimate of drug-likeness (QED) is 0.813. The molecule has 1 aliphatic heterocycles. The van der Waals surface area contributed by atoms with E-state index in [0.717, 1.165) is 10.9 Å². The van der Waals surface area contributed by atoms with Crippen LogP contribution in [0.3, 0.4) is 0 Å². The van der Waals surface area contributed by atoms with E-state index in [1.807, 2.05) is 0 Å². The first-order chi connectivity index (χ1) is 10.9. The van der Waals surface area contributed by atoms with Crippen molar-refractivity contribution in [2.45, 2.75) is 25.8 Å². The molecule has 7 heteroatoms. The van der Waals surface area contributed by atoms with E-state index in [1.165, 1.54) is 6.92 Å². The van der Waals surface area contributed by atoms with E-state index in [9.17, 15) is 14.4 Å². The molecule has 2 atom stereocenters. The molecule has 0 aliphatic carbocycles. The molecule has 0 spiro atoms. The van der Waals surface area contributed by atoms with Crippen LogP contribution in [0.2, 0.25) is 0 Å². The van der Waals surface area contributed by atoms with E-state index in [4.69, 9.17) is 5.11 Å². The van der Waals surface area contributed by atoms with Crippen molar-refractivity contribution in [3.8, 4) is 0 Å². The fourth-order valence-corrected chi connectivity index (χ4v) is 2.76. The molecule has 124 valence electrons. The van der Waals surface area contributed by atoms with Gasteiger partial charge in [0.25, 0.3) is 5.91 Å². The maximum atomic E-state index is 12.6. The predicted octanol–water partition coefficient (Wildman–Crippen LogP) is 1.89. The van der Waals surface area contributed by atoms with E-state index in [0.29, 0.717) is 18.5 Å². The van der Waals surface area contributed by atoms with Crippen LogP contribution < -0.4 is 5.32 Å². The monoisotopic (exact) mass is 382 g/mol. The summed E-state index contributed by atoms with van der Waals surface area (Å²) in [7, 11) is 0. The highest BCUT2D eigenvalue weighted by molar-refractivity contribution is 9.10. The molecule has 1 aliphatic rings. The Balaban J connectivity index is 2.01. The second-order valence-corrected chi connectivity index (χ2v) is 6.56. The molecule has 1 fully saturated rings. The number of likely N-dealkylation sites (tertiary alicyclic amines) is 1. The van der Waals surface area contributed by atoms with Crippen molar-refractivity contribution >= 4 is 33.7 Å². The molecule has 23 heavy (non-hydrogen) atoms. The predicted molar refractivity (Wildman–Crippen MR) is 88.0 cm³/mol. The number of carbonyl (C=O) groups is 3. The zero-order valence-corrected chi connectivity index (χ0v) is 14.4. The molecular weight excluding hydrogens is 364 g/mol. The first-order valence-electron chi connectivity index (χ1n) is 7.47. The van der Waals surface area contributed by atoms with Crippen LogP contribution in [0.4, 0.5) is 0 Å². The lowest BCUT2D eigenvalue weighted by Crippen LogP contribution is -2.47. The van der Waals surface area contributed by atoms with Crippen LogP contribution in [-0.2, 0) is 9.59 Å². The van der Waals surface area contributed by atoms with Crippen LogP contribution in [0.5, 0.6) is 0 Å². The number of halogens is 1. The summed E-state index contributed by atoms with van der Waals surface area (Å²) in [6, 6.07) is 6.46. The molecular formula is C16H19BrN2O4. The van der Waals surface area contributed by atoms with Gasteiger partial charge in [-0.25, -0.2) is 0 Å². The minimum Gasteiger partial charge on any atom is -0.481 e. The molecule has 2 amide bonds. The Kier molecular flexibility index (Phi) is 5.76. The third kappa shape index (κ3) is 4.31. The Morgan fingerprint density at radius 1 is 1.35 bits per heavy atom. The average Bonchev–Trinajstić information content (AvgIpc) is 3.01. The highest BCUT2D eigenvalue weighted by Crippen LogP contribution is 2.21. The Labute approximate surface area is 143 Å². The van der Waals surface area contributed by atoms with Gasteiger partial charge in [0.2, 0.25) is 5.91 Å². The lowest BCUT2D eigenvalue weighted by molar-refractivity contribution is -0.141. The van der Waals surface area contributed by atoms with Crippen LogP contribution in [0.25, 0.3) is 0 Å². The molecule has 6 nitrogen and oxygen atoms in total. The molecule has 0 aromatic heterocycles. The molecule has 0 saturated carbocycles. The standard InChI is InChI=1S/C16H19BrN2O4/c1-10(16(22)23)9-18-14(20)13-3-2-8-19(13)15(21)11-4-6-12(17)7-5-11/h4-7,10,13H,2-3,8-9H2,1H3,(H,18,20)(H,22,23). The van der Waals surface area contributed by atoms with Gasteiger partial charge in [0.1, 0.15) is 6.04 Å². The largest absolute Gasteiger partial charge is 0.481 e. The normalized spacial score (nSPS) is 18.5. The lowest BCUT2D eigenvalue weighted by Gasteiger charge is -2.24. The van der Waals surface area contributed by atoms with Gasteiger partial charge < -0.3 is 15.3 Å². The molecule has 0 radical (unpaired) electrons. The van der Waals surface area contributed by atoms with Crippen molar-refractivity contribution in [3.63, 3.8) is 0 Å². The molecule has 2 unspecified atom stereocenters. The summed E-state index contributed by atoms with van der Waals surface area (Å²) >= 11 is 3.32. The SMILES string of the molecule is CC(CNC(=O)C1CCCN1C(=O)c1ccc(Br)cc1)C(=O)O. The summed E-state index contributed by atoms with van der Waals surface area (Å²) in [5, 5.41) is 11.5. The summed E-state index contributed by atoms with van der Waals surface area (Å²) in [6.45, 7) is 2.12. The second-order valence-electron chi connectivity index (χ2n) is 5.65. The van der Waals surface area contributed by atoms with Crippen molar-refractivity contribution in [2.24, 2.45) is 5.92 Å². The first kappa shape index (κ1) is 17.5. The molecule has 1 heterocycles. The van der Waals surface area contributed by atoms with E-state index >= 15 is 0 Å². The van der Waals surface area contributed by atoms with E-state index in [1.54, 1.807) is 29.2 Å². The molecule has 2 N–H and O–H groups in total. The zero-order chi connectivity index (χ0) is 17.0. The third-order valence-electron chi connectivity index (χ3n) is 3.91. The summed E-state index contributed by atoms with van der Waals surface area (Å²) in [5.41, 5.74) is 0.534. The van der Waals surface area contributed by atoms with Crippen molar-refractivity contribution < 1.29 is 19.5 Å². The topological polar surface area (TPSA) is 86.7 Å². The van der Waals surface area contributed by atoms with Crippen molar-refractivity contribution in [1.82, 2.24) is 10.2 Å². The molecule has 2 rings (SSSR count). The van der Waals surface area contributed by atoms with Gasteiger partial charge in [-0.05, 0) is 37.1 Å². The molecule has 1 aromatic carbocycles. The Morgan fingerprint density at radius 3 is 2.61 bits per heavy atom. The van der Waals surface area contributed by atoms with E-state index < -0.39 is 17.9 Å². The van der Waals surface area contributed by atoms with Gasteiger partial charge in [0.15, 0.2) is 0 Å². The smallest absolute Gasteiger partial charge is 0.308 e. The Morgan fingerprint density at radius 2 is 2.00 bits per heavy atom. The number of nitrogens with one attached hydrogen (secondary N) is 1. The number of rotatable bonds is 5. The van der Waals surface area contributed by atoms with Gasteiger partial charge in [-0.2, -0.15) is 0 Å². The van der Waals surface area contributed by atoms with Crippen LogP contribution in [0.15, 0.2) is 28.7 Å². The Bertz CT molecular complexity index is 603. The summed E-state index contributed by atoms with van der Waals surface area (Å²) in [6.07, 6.45) is 1.35. The van der Waals surface area contributed by atoms with Crippen molar-refractivity contribution in [1.29, 1.82) is 0 Å². The number of aliphatic carboxylic acids is 1. The number of carboxylic acid groups (broad SMARTS) is 1. The van der Waals surface area contributed by atoms with Crippen LogP contribution in [0.1, 0.15) is 30.1 Å². The number of hydrogen-bond donors (Lipinski definition) is 2. The minimum atomic E-state index is -0.959. The van der Waals surface area contributed by atoms with Crippen molar-refractivity contribution in [3.05, 3.63) is 34.3 Å². The molecule has 1 saturated heterocycles. The number of nitrogens with zero attached hydrogens (tertiary/aromatic N) is 1. The maximum absolute atomic E-state index is 12.6. The maximum Gasteiger partial charge on any atom is 0.308 e. The molecule has 1 aromatic rings. The summed E-state index contributed by atoms with van der Waals surface area (Å²) in [4.78, 5) is 37.2. The summed E-state index contributed by atoms with van der Waals surface area (Å²) in [5.74, 6) is -2.09. The number of hydrogen-bond acceptors (Lipinski definition) is 3. The third-order valence-corrected chi connectivity index (χ3v) is 4.44. The summed E-state index contributed by atoms with van der Waals surface area (Å²) < 4.78 is 0.882. The fraction of sp³-hybridized carbons (Fsp3) is 0.438. The van der Waals surface area contributed by atoms with Gasteiger partial charge in [-0.3, -0.25) is 14.4 Å². The van der Waals surface area contributed by atoms with Gasteiger partial charge in [0, 0.05) is 23.1 Å². The van der Waals surface area contributed by atoms with Gasteiger partial charge in [-0.15, -0.1) is 0 Å². The lowest BCUT2D eigenvalue weighted by atomic mass is 10.1. The highest BCUT2D eigenvalue weighted by Gasteiger charge is 2.34. The average molecular weight is 383 g/mol. The first-order valence-corrected chi connectivity index (χ1v) is 8.26. The van der Waals surface area contributed by atoms with E-state index in [2.05, 4.69) is 21.2 Å². The van der Waals surface area contributed by atoms with Crippen LogP contribution in [0, 0.1) is 5.92 Å². The highest BCUT2D eigenvalue weighted by atomic mass is 79.9. The number of benzene rings is 1. The van der Waals surface area contributed by atoms with Gasteiger partial charge in [0.05, 0.1) is 5.92 Å². The number of carboxylic acids is 1. The molecule has 0 bridgehead atoms. The van der Waals surface area contributed by atoms with Crippen LogP contribution >= 0.6 is 15.9 Å². The number of amides is 2. The number of carbonyl (C=O) groups excluding carboxylic acids is 2. The minimum absolute atomic E-state index is 0.0605. The zero-order valence-electron chi connectivity index (χ0n) is 12.8. The van der Waals surface area contributed by atoms with Gasteiger partial charge >= 0.3 is 5.97 Å². The Hall–Kier alpha value is -1.89. The van der Waals surface area contributed by atoms with E-state index in [-0.39, 0.29) is 18.4 Å². The fourth-order valence-electron chi connectivity index (χ4n) is 2.50.